The lowest BCUT2D eigenvalue weighted by molar-refractivity contribution is 0.0249. The molecule has 3 rings (SSSR count). The maximum atomic E-state index is 5.80. The number of nitrogens with two attached hydrogens (primary N) is 1. The molecule has 1 aliphatic heterocycles. The monoisotopic (exact) mass is 280 g/mol. The number of aromatic nitrogens is 3. The summed E-state index contributed by atoms with van der Waals surface area (Å²) in [5, 5.41) is 0. The van der Waals surface area contributed by atoms with Crippen LogP contribution in [0.2, 0.25) is 0 Å². The van der Waals surface area contributed by atoms with E-state index in [4.69, 9.17) is 15.3 Å². The SMILES string of the molecule is CCOc1nc(NN)nc(N2CCOC3CCCC32)n1. The van der Waals surface area contributed by atoms with Gasteiger partial charge in [-0.05, 0) is 26.2 Å². The molecule has 1 saturated heterocycles. The fraction of sp³-hybridized carbons (Fsp3) is 0.750. The average Bonchev–Trinajstić information content (AvgIpc) is 2.95. The minimum absolute atomic E-state index is 0.283. The largest absolute Gasteiger partial charge is 0.464 e. The Hall–Kier alpha value is -1.67. The third kappa shape index (κ3) is 2.48. The van der Waals surface area contributed by atoms with Crippen LogP contribution in [0.25, 0.3) is 0 Å². The molecule has 1 aromatic heterocycles. The highest BCUT2D eigenvalue weighted by Crippen LogP contribution is 2.32. The summed E-state index contributed by atoms with van der Waals surface area (Å²) in [6.45, 7) is 3.87. The van der Waals surface area contributed by atoms with Gasteiger partial charge in [-0.2, -0.15) is 15.0 Å². The molecule has 1 aliphatic carbocycles. The number of hydrogen-bond acceptors (Lipinski definition) is 8. The van der Waals surface area contributed by atoms with E-state index in [1.165, 1.54) is 6.42 Å². The summed E-state index contributed by atoms with van der Waals surface area (Å²) in [6.07, 6.45) is 3.67. The van der Waals surface area contributed by atoms with Gasteiger partial charge in [-0.1, -0.05) is 0 Å². The molecule has 0 amide bonds. The van der Waals surface area contributed by atoms with Crippen LogP contribution in [0.4, 0.5) is 11.9 Å². The van der Waals surface area contributed by atoms with Crippen LogP contribution < -0.4 is 20.9 Å². The molecule has 20 heavy (non-hydrogen) atoms. The van der Waals surface area contributed by atoms with E-state index in [-0.39, 0.29) is 6.10 Å². The second-order valence-corrected chi connectivity index (χ2v) is 4.92. The Bertz CT molecular complexity index is 471. The van der Waals surface area contributed by atoms with Gasteiger partial charge in [-0.25, -0.2) is 5.84 Å². The number of nitrogen functional groups attached to an aromatic ring is 1. The molecule has 8 nitrogen and oxygen atoms in total. The quantitative estimate of drug-likeness (QED) is 0.601. The van der Waals surface area contributed by atoms with Gasteiger partial charge < -0.3 is 14.4 Å². The highest BCUT2D eigenvalue weighted by Gasteiger charge is 2.37. The van der Waals surface area contributed by atoms with Crippen LogP contribution >= 0.6 is 0 Å². The fourth-order valence-electron chi connectivity index (χ4n) is 2.91. The zero-order valence-electron chi connectivity index (χ0n) is 11.6. The van der Waals surface area contributed by atoms with Crippen molar-refractivity contribution in [2.45, 2.75) is 38.3 Å². The topological polar surface area (TPSA) is 98.4 Å². The number of hydrazine groups is 1. The molecule has 1 saturated carbocycles. The Balaban J connectivity index is 1.89. The van der Waals surface area contributed by atoms with Crippen molar-refractivity contribution in [3.05, 3.63) is 0 Å². The minimum atomic E-state index is 0.283. The van der Waals surface area contributed by atoms with Crippen LogP contribution in [-0.2, 0) is 4.74 Å². The molecular weight excluding hydrogens is 260 g/mol. The first-order chi connectivity index (χ1) is 9.81. The van der Waals surface area contributed by atoms with Crippen LogP contribution in [0.5, 0.6) is 6.01 Å². The summed E-state index contributed by atoms with van der Waals surface area (Å²) < 4.78 is 11.2. The van der Waals surface area contributed by atoms with E-state index < -0.39 is 0 Å². The van der Waals surface area contributed by atoms with E-state index in [9.17, 15) is 0 Å². The van der Waals surface area contributed by atoms with E-state index >= 15 is 0 Å². The molecule has 2 aliphatic rings. The number of rotatable bonds is 4. The molecule has 110 valence electrons. The number of morpholine rings is 1. The van der Waals surface area contributed by atoms with Crippen LogP contribution in [0, 0.1) is 0 Å². The Labute approximate surface area is 117 Å². The lowest BCUT2D eigenvalue weighted by Gasteiger charge is -2.37. The number of hydrogen-bond donors (Lipinski definition) is 2. The summed E-state index contributed by atoms with van der Waals surface area (Å²) in [5.74, 6) is 6.35. The molecule has 2 atom stereocenters. The van der Waals surface area contributed by atoms with E-state index in [0.717, 1.165) is 19.4 Å². The Morgan fingerprint density at radius 2 is 2.30 bits per heavy atom. The van der Waals surface area contributed by atoms with Gasteiger partial charge in [-0.15, -0.1) is 0 Å². The van der Waals surface area contributed by atoms with Gasteiger partial charge in [0.2, 0.25) is 11.9 Å². The Morgan fingerprint density at radius 3 is 3.10 bits per heavy atom. The van der Waals surface area contributed by atoms with Crippen LogP contribution in [0.15, 0.2) is 0 Å². The van der Waals surface area contributed by atoms with Crippen LogP contribution in [0.1, 0.15) is 26.2 Å². The van der Waals surface area contributed by atoms with Gasteiger partial charge in [0.25, 0.3) is 0 Å². The first-order valence-corrected chi connectivity index (χ1v) is 7.05. The molecule has 0 bridgehead atoms. The third-order valence-corrected chi connectivity index (χ3v) is 3.74. The molecule has 2 unspecified atom stereocenters. The van der Waals surface area contributed by atoms with Crippen molar-refractivity contribution in [3.63, 3.8) is 0 Å². The van der Waals surface area contributed by atoms with Gasteiger partial charge in [0.05, 0.1) is 25.4 Å². The maximum absolute atomic E-state index is 5.80. The summed E-state index contributed by atoms with van der Waals surface area (Å²) in [6, 6.07) is 0.637. The van der Waals surface area contributed by atoms with Crippen LogP contribution in [-0.4, -0.2) is 46.9 Å². The average molecular weight is 280 g/mol. The van der Waals surface area contributed by atoms with Crippen molar-refractivity contribution in [1.82, 2.24) is 15.0 Å². The van der Waals surface area contributed by atoms with Crippen molar-refractivity contribution >= 4 is 11.9 Å². The highest BCUT2D eigenvalue weighted by molar-refractivity contribution is 5.40. The maximum Gasteiger partial charge on any atom is 0.323 e. The normalized spacial score (nSPS) is 25.4. The number of ether oxygens (including phenoxy) is 2. The smallest absolute Gasteiger partial charge is 0.323 e. The van der Waals surface area contributed by atoms with E-state index in [2.05, 4.69) is 25.3 Å². The van der Waals surface area contributed by atoms with E-state index in [1.807, 2.05) is 6.92 Å². The lowest BCUT2D eigenvalue weighted by Crippen LogP contribution is -2.49. The summed E-state index contributed by atoms with van der Waals surface area (Å²) in [5.41, 5.74) is 2.46. The molecule has 3 N–H and O–H groups in total. The van der Waals surface area contributed by atoms with Crippen molar-refractivity contribution in [3.8, 4) is 6.01 Å². The number of anilines is 2. The number of nitrogens with one attached hydrogen (secondary N) is 1. The van der Waals surface area contributed by atoms with E-state index in [0.29, 0.717) is 37.2 Å². The number of fused-ring (bicyclic) bond motifs is 1. The van der Waals surface area contributed by atoms with Crippen molar-refractivity contribution in [2.24, 2.45) is 5.84 Å². The molecule has 2 fully saturated rings. The Kier molecular flexibility index (Phi) is 3.83. The second kappa shape index (κ2) is 5.76. The molecular formula is C12H20N6O2. The summed E-state index contributed by atoms with van der Waals surface area (Å²) in [7, 11) is 0. The zero-order valence-corrected chi connectivity index (χ0v) is 11.6. The molecule has 0 aromatic carbocycles. The highest BCUT2D eigenvalue weighted by atomic mass is 16.5. The predicted octanol–water partition coefficient (Wildman–Crippen LogP) is 0.314. The number of nitrogens with zero attached hydrogens (tertiary/aromatic N) is 4. The minimum Gasteiger partial charge on any atom is -0.464 e. The second-order valence-electron chi connectivity index (χ2n) is 4.92. The summed E-state index contributed by atoms with van der Waals surface area (Å²) in [4.78, 5) is 15.0. The molecule has 0 spiro atoms. The van der Waals surface area contributed by atoms with Crippen LogP contribution in [0.3, 0.4) is 0 Å². The predicted molar refractivity (Wildman–Crippen MR) is 73.5 cm³/mol. The third-order valence-electron chi connectivity index (χ3n) is 3.74. The molecule has 1 aromatic rings. The molecule has 0 radical (unpaired) electrons. The molecule has 2 heterocycles. The first kappa shape index (κ1) is 13.3. The molecule has 8 heteroatoms. The fourth-order valence-corrected chi connectivity index (χ4v) is 2.91. The van der Waals surface area contributed by atoms with Gasteiger partial charge in [0, 0.05) is 6.54 Å². The van der Waals surface area contributed by atoms with Gasteiger partial charge in [-0.3, -0.25) is 5.43 Å². The Morgan fingerprint density at radius 1 is 1.40 bits per heavy atom. The zero-order chi connectivity index (χ0) is 13.9. The van der Waals surface area contributed by atoms with Gasteiger partial charge >= 0.3 is 6.01 Å². The van der Waals surface area contributed by atoms with E-state index in [1.54, 1.807) is 0 Å². The van der Waals surface area contributed by atoms with Crippen molar-refractivity contribution in [1.29, 1.82) is 0 Å². The van der Waals surface area contributed by atoms with Crippen molar-refractivity contribution < 1.29 is 9.47 Å². The van der Waals surface area contributed by atoms with Crippen molar-refractivity contribution in [2.75, 3.05) is 30.1 Å². The van der Waals surface area contributed by atoms with Gasteiger partial charge in [0.1, 0.15) is 0 Å². The lowest BCUT2D eigenvalue weighted by atomic mass is 10.1. The first-order valence-electron chi connectivity index (χ1n) is 7.05. The van der Waals surface area contributed by atoms with Gasteiger partial charge in [0.15, 0.2) is 0 Å². The standard InChI is InChI=1S/C12H20N6O2/c1-2-19-12-15-10(17-13)14-11(16-12)18-6-7-20-9-5-3-4-8(9)18/h8-9H,2-7,13H2,1H3,(H,14,15,16,17). The summed E-state index contributed by atoms with van der Waals surface area (Å²) >= 11 is 0.